The molecule has 4 rings (SSSR count). The van der Waals surface area contributed by atoms with Crippen molar-refractivity contribution in [2.24, 2.45) is 0 Å². The second-order valence-corrected chi connectivity index (χ2v) is 7.29. The Balaban J connectivity index is 1.50. The molecule has 3 aromatic rings. The predicted molar refractivity (Wildman–Crippen MR) is 110 cm³/mol. The van der Waals surface area contributed by atoms with Crippen molar-refractivity contribution in [2.75, 3.05) is 6.61 Å². The van der Waals surface area contributed by atoms with E-state index in [-0.39, 0.29) is 18.1 Å². The van der Waals surface area contributed by atoms with Crippen LogP contribution >= 0.6 is 0 Å². The quantitative estimate of drug-likeness (QED) is 0.584. The monoisotopic (exact) mass is 423 g/mol. The number of alkyl carbamates (subject to hydrolysis) is 1. The summed E-state index contributed by atoms with van der Waals surface area (Å²) in [6.45, 7) is 0.0191. The Hall–Kier alpha value is -3.74. The third-order valence-electron chi connectivity index (χ3n) is 5.35. The van der Waals surface area contributed by atoms with E-state index in [1.807, 2.05) is 48.5 Å². The number of halogens is 2. The molecule has 0 heterocycles. The number of fused-ring (bicyclic) bond motifs is 3. The fraction of sp³-hybridized carbons (Fsp3) is 0.167. The van der Waals surface area contributed by atoms with Gasteiger partial charge in [0.25, 0.3) is 0 Å². The van der Waals surface area contributed by atoms with Crippen LogP contribution in [0.1, 0.15) is 35.1 Å². The first kappa shape index (κ1) is 20.5. The van der Waals surface area contributed by atoms with Gasteiger partial charge in [-0.1, -0.05) is 48.5 Å². The summed E-state index contributed by atoms with van der Waals surface area (Å²) in [5, 5.41) is 11.5. The maximum atomic E-state index is 14.1. The molecule has 0 saturated heterocycles. The largest absolute Gasteiger partial charge is 0.481 e. The van der Waals surface area contributed by atoms with Crippen molar-refractivity contribution < 1.29 is 28.2 Å². The molecule has 0 aliphatic heterocycles. The molecule has 0 radical (unpaired) electrons. The van der Waals surface area contributed by atoms with Gasteiger partial charge in [-0.05, 0) is 40.5 Å². The molecule has 1 amide bonds. The summed E-state index contributed by atoms with van der Waals surface area (Å²) in [4.78, 5) is 23.6. The van der Waals surface area contributed by atoms with Gasteiger partial charge < -0.3 is 15.2 Å². The second-order valence-electron chi connectivity index (χ2n) is 7.29. The fourth-order valence-electron chi connectivity index (χ4n) is 3.98. The normalized spacial score (nSPS) is 13.2. The molecule has 5 nitrogen and oxygen atoms in total. The number of ether oxygens (including phenoxy) is 1. The van der Waals surface area contributed by atoms with E-state index in [2.05, 4.69) is 5.32 Å². The number of carboxylic acids is 1. The number of hydrogen-bond donors (Lipinski definition) is 2. The van der Waals surface area contributed by atoms with Gasteiger partial charge in [0.05, 0.1) is 12.5 Å². The summed E-state index contributed by atoms with van der Waals surface area (Å²) in [5.41, 5.74) is 3.93. The zero-order valence-electron chi connectivity index (χ0n) is 16.3. The Morgan fingerprint density at radius 2 is 1.58 bits per heavy atom. The molecule has 7 heteroatoms. The Kier molecular flexibility index (Phi) is 5.66. The number of carbonyl (C=O) groups excluding carboxylic acids is 1. The van der Waals surface area contributed by atoms with E-state index in [4.69, 9.17) is 9.84 Å². The van der Waals surface area contributed by atoms with Gasteiger partial charge in [-0.3, -0.25) is 4.79 Å². The average molecular weight is 423 g/mol. The zero-order chi connectivity index (χ0) is 22.0. The lowest BCUT2D eigenvalue weighted by Gasteiger charge is -2.19. The highest BCUT2D eigenvalue weighted by Crippen LogP contribution is 2.44. The first-order chi connectivity index (χ1) is 14.9. The third-order valence-corrected chi connectivity index (χ3v) is 5.35. The van der Waals surface area contributed by atoms with E-state index < -0.39 is 36.2 Å². The molecule has 158 valence electrons. The topological polar surface area (TPSA) is 75.6 Å². The van der Waals surface area contributed by atoms with E-state index in [1.54, 1.807) is 0 Å². The molecule has 31 heavy (non-hydrogen) atoms. The molecule has 3 aromatic carbocycles. The molecule has 0 saturated carbocycles. The zero-order valence-corrected chi connectivity index (χ0v) is 16.3. The molecule has 0 bridgehead atoms. The van der Waals surface area contributed by atoms with Crippen molar-refractivity contribution in [3.05, 3.63) is 95.1 Å². The van der Waals surface area contributed by atoms with Crippen molar-refractivity contribution in [2.45, 2.75) is 18.4 Å². The molecule has 0 aromatic heterocycles. The number of nitrogens with one attached hydrogen (secondary N) is 1. The van der Waals surface area contributed by atoms with Gasteiger partial charge in [-0.15, -0.1) is 0 Å². The third kappa shape index (κ3) is 4.26. The van der Waals surface area contributed by atoms with E-state index >= 15 is 0 Å². The second kappa shape index (κ2) is 8.55. The number of rotatable bonds is 6. The number of hydrogen-bond acceptors (Lipinski definition) is 3. The lowest BCUT2D eigenvalue weighted by Crippen LogP contribution is -2.32. The van der Waals surface area contributed by atoms with Crippen LogP contribution in [0.25, 0.3) is 11.1 Å². The van der Waals surface area contributed by atoms with Crippen LogP contribution in [0.3, 0.4) is 0 Å². The summed E-state index contributed by atoms with van der Waals surface area (Å²) in [7, 11) is 0. The van der Waals surface area contributed by atoms with E-state index in [9.17, 15) is 18.4 Å². The minimum atomic E-state index is -1.27. The van der Waals surface area contributed by atoms with Gasteiger partial charge in [0.1, 0.15) is 18.2 Å². The van der Waals surface area contributed by atoms with Gasteiger partial charge in [0, 0.05) is 11.5 Å². The van der Waals surface area contributed by atoms with Crippen LogP contribution in [0, 0.1) is 11.6 Å². The first-order valence-electron chi connectivity index (χ1n) is 9.72. The number of carboxylic acid groups (broad SMARTS) is 1. The van der Waals surface area contributed by atoms with Crippen molar-refractivity contribution in [1.29, 1.82) is 0 Å². The Morgan fingerprint density at radius 3 is 2.19 bits per heavy atom. The Morgan fingerprint density at radius 1 is 0.968 bits per heavy atom. The lowest BCUT2D eigenvalue weighted by atomic mass is 9.98. The maximum absolute atomic E-state index is 14.1. The van der Waals surface area contributed by atoms with Crippen LogP contribution in [0.5, 0.6) is 0 Å². The first-order valence-corrected chi connectivity index (χ1v) is 9.72. The highest BCUT2D eigenvalue weighted by Gasteiger charge is 2.29. The molecule has 0 fully saturated rings. The number of benzene rings is 3. The molecule has 0 spiro atoms. The number of carbonyl (C=O) groups is 2. The van der Waals surface area contributed by atoms with Gasteiger partial charge in [0.2, 0.25) is 0 Å². The lowest BCUT2D eigenvalue weighted by molar-refractivity contribution is -0.137. The van der Waals surface area contributed by atoms with Crippen molar-refractivity contribution >= 4 is 12.1 Å². The van der Waals surface area contributed by atoms with Gasteiger partial charge in [-0.25, -0.2) is 13.6 Å². The van der Waals surface area contributed by atoms with Crippen LogP contribution in [-0.2, 0) is 9.53 Å². The molecule has 2 N–H and O–H groups in total. The predicted octanol–water partition coefficient (Wildman–Crippen LogP) is 5.02. The van der Waals surface area contributed by atoms with E-state index in [1.165, 1.54) is 0 Å². The van der Waals surface area contributed by atoms with Gasteiger partial charge in [0.15, 0.2) is 0 Å². The summed E-state index contributed by atoms with van der Waals surface area (Å²) in [6.07, 6.45) is -1.53. The molecule has 1 atom stereocenters. The summed E-state index contributed by atoms with van der Waals surface area (Å²) < 4.78 is 33.1. The minimum Gasteiger partial charge on any atom is -0.481 e. The van der Waals surface area contributed by atoms with Crippen molar-refractivity contribution in [3.8, 4) is 11.1 Å². The van der Waals surface area contributed by atoms with E-state index in [0.717, 1.165) is 40.5 Å². The Labute approximate surface area is 177 Å². The van der Waals surface area contributed by atoms with Crippen LogP contribution in [-0.4, -0.2) is 23.8 Å². The molecular formula is C24H19F2NO4. The maximum Gasteiger partial charge on any atom is 0.407 e. The van der Waals surface area contributed by atoms with Crippen LogP contribution in [0.2, 0.25) is 0 Å². The smallest absolute Gasteiger partial charge is 0.407 e. The molecule has 0 unspecified atom stereocenters. The van der Waals surface area contributed by atoms with Crippen LogP contribution in [0.15, 0.2) is 66.7 Å². The highest BCUT2D eigenvalue weighted by molar-refractivity contribution is 5.79. The SMILES string of the molecule is O=C(O)C[C@H](NC(=O)OCC1c2ccccc2-c2ccccc21)c1cc(F)ccc1F. The number of aliphatic carboxylic acids is 1. The number of amides is 1. The van der Waals surface area contributed by atoms with Gasteiger partial charge >= 0.3 is 12.1 Å². The standard InChI is InChI=1S/C24H19F2NO4/c25-14-9-10-21(26)19(11-14)22(12-23(28)29)27-24(30)31-13-20-17-7-3-1-5-15(17)16-6-2-4-8-18(16)20/h1-11,20,22H,12-13H2,(H,27,30)(H,28,29)/t22-/m0/s1. The highest BCUT2D eigenvalue weighted by atomic mass is 19.1. The van der Waals surface area contributed by atoms with Crippen molar-refractivity contribution in [3.63, 3.8) is 0 Å². The van der Waals surface area contributed by atoms with Gasteiger partial charge in [-0.2, -0.15) is 0 Å². The Bertz CT molecular complexity index is 1100. The summed E-state index contributed by atoms with van der Waals surface area (Å²) in [6, 6.07) is 17.0. The summed E-state index contributed by atoms with van der Waals surface area (Å²) in [5.74, 6) is -3.00. The fourth-order valence-corrected chi connectivity index (χ4v) is 3.98. The molecule has 1 aliphatic rings. The minimum absolute atomic E-state index is 0.0191. The molecule has 1 aliphatic carbocycles. The van der Waals surface area contributed by atoms with Crippen LogP contribution < -0.4 is 5.32 Å². The van der Waals surface area contributed by atoms with Crippen LogP contribution in [0.4, 0.5) is 13.6 Å². The average Bonchev–Trinajstić information content (AvgIpc) is 3.07. The summed E-state index contributed by atoms with van der Waals surface area (Å²) >= 11 is 0. The molecular weight excluding hydrogens is 404 g/mol. The van der Waals surface area contributed by atoms with Crippen molar-refractivity contribution in [1.82, 2.24) is 5.32 Å². The van der Waals surface area contributed by atoms with E-state index in [0.29, 0.717) is 0 Å².